The molecule has 0 radical (unpaired) electrons. The van der Waals surface area contributed by atoms with Crippen molar-refractivity contribution in [1.82, 2.24) is 9.55 Å². The van der Waals surface area contributed by atoms with Crippen molar-refractivity contribution in [1.29, 1.82) is 0 Å². The normalized spacial score (nSPS) is 32.6. The molecule has 0 unspecified atom stereocenters. The van der Waals surface area contributed by atoms with E-state index in [9.17, 15) is 18.3 Å². The molecule has 1 aromatic heterocycles. The van der Waals surface area contributed by atoms with Crippen LogP contribution >= 0.6 is 11.8 Å². The Labute approximate surface area is 169 Å². The molecule has 1 aromatic carbocycles. The van der Waals surface area contributed by atoms with Gasteiger partial charge in [0.2, 0.25) is 0 Å². The van der Waals surface area contributed by atoms with Crippen LogP contribution in [0.3, 0.4) is 0 Å². The zero-order valence-electron chi connectivity index (χ0n) is 16.1. The predicted molar refractivity (Wildman–Crippen MR) is 112 cm³/mol. The van der Waals surface area contributed by atoms with Crippen molar-refractivity contribution < 1.29 is 13.5 Å². The van der Waals surface area contributed by atoms with Crippen molar-refractivity contribution in [2.75, 3.05) is 11.5 Å². The van der Waals surface area contributed by atoms with Gasteiger partial charge in [0, 0.05) is 6.04 Å². The zero-order chi connectivity index (χ0) is 20.1. The molecule has 1 aliphatic carbocycles. The number of hydrogen-bond donors (Lipinski definition) is 1. The molecule has 2 aromatic rings. The molecule has 1 N–H and O–H groups in total. The first kappa shape index (κ1) is 19.9. The summed E-state index contributed by atoms with van der Waals surface area (Å²) >= 11 is 1.24. The van der Waals surface area contributed by atoms with Gasteiger partial charge in [0.1, 0.15) is 0 Å². The van der Waals surface area contributed by atoms with Crippen LogP contribution in [0.5, 0.6) is 0 Å². The van der Waals surface area contributed by atoms with Gasteiger partial charge in [-0.05, 0) is 30.4 Å². The van der Waals surface area contributed by atoms with E-state index in [2.05, 4.69) is 13.8 Å². The van der Waals surface area contributed by atoms with E-state index in [0.29, 0.717) is 27.9 Å². The molecule has 2 aliphatic rings. The Hall–Kier alpha value is -1.38. The van der Waals surface area contributed by atoms with Crippen molar-refractivity contribution in [2.45, 2.75) is 55.7 Å². The summed E-state index contributed by atoms with van der Waals surface area (Å²) in [4.78, 5) is 18.1. The smallest absolute Gasteiger partial charge is 0.262 e. The fourth-order valence-corrected chi connectivity index (χ4v) is 8.10. The molecule has 6 nitrogen and oxygen atoms in total. The number of aromatic nitrogens is 2. The number of fused-ring (bicyclic) bond motifs is 1. The summed E-state index contributed by atoms with van der Waals surface area (Å²) in [6.07, 6.45) is 2.18. The Morgan fingerprint density at radius 1 is 1.18 bits per heavy atom. The van der Waals surface area contributed by atoms with Gasteiger partial charge in [-0.3, -0.25) is 9.36 Å². The lowest BCUT2D eigenvalue weighted by molar-refractivity contribution is 0.173. The van der Waals surface area contributed by atoms with Crippen LogP contribution in [0, 0.1) is 11.8 Å². The van der Waals surface area contributed by atoms with Crippen LogP contribution in [-0.2, 0) is 9.84 Å². The van der Waals surface area contributed by atoms with Crippen LogP contribution in [0.1, 0.15) is 39.2 Å². The topological polar surface area (TPSA) is 89.3 Å². The number of benzene rings is 1. The van der Waals surface area contributed by atoms with Crippen molar-refractivity contribution in [2.24, 2.45) is 11.8 Å². The van der Waals surface area contributed by atoms with Crippen LogP contribution in [0.15, 0.2) is 34.2 Å². The number of sulfone groups is 1. The molecule has 2 fully saturated rings. The van der Waals surface area contributed by atoms with Crippen molar-refractivity contribution >= 4 is 32.5 Å². The first-order valence-electron chi connectivity index (χ1n) is 9.83. The van der Waals surface area contributed by atoms with Crippen LogP contribution < -0.4 is 5.56 Å². The summed E-state index contributed by atoms with van der Waals surface area (Å²) in [5.41, 5.74) is 0.535. The molecular formula is C20H26N2O4S2. The Bertz CT molecular complexity index is 1050. The summed E-state index contributed by atoms with van der Waals surface area (Å²) in [6, 6.07) is 7.31. The molecule has 0 amide bonds. The molecule has 1 saturated carbocycles. The Morgan fingerprint density at radius 2 is 1.93 bits per heavy atom. The summed E-state index contributed by atoms with van der Waals surface area (Å²) in [6.45, 7) is 4.40. The lowest BCUT2D eigenvalue weighted by atomic mass is 9.78. The lowest BCUT2D eigenvalue weighted by Gasteiger charge is -2.36. The highest BCUT2D eigenvalue weighted by Gasteiger charge is 2.39. The number of thioether (sulfide) groups is 1. The predicted octanol–water partition coefficient (Wildman–Crippen LogP) is 2.64. The van der Waals surface area contributed by atoms with E-state index in [0.717, 1.165) is 19.3 Å². The van der Waals surface area contributed by atoms with E-state index in [1.807, 2.05) is 12.1 Å². The summed E-state index contributed by atoms with van der Waals surface area (Å²) in [5.74, 6) is 0.524. The first-order valence-corrected chi connectivity index (χ1v) is 12.5. The zero-order valence-corrected chi connectivity index (χ0v) is 17.7. The number of nitrogens with zero attached hydrogens (tertiary/aromatic N) is 2. The van der Waals surface area contributed by atoms with Crippen LogP contribution in [0.4, 0.5) is 0 Å². The number of para-hydroxylation sites is 1. The molecule has 2 heterocycles. The van der Waals surface area contributed by atoms with Gasteiger partial charge in [0.05, 0.1) is 33.8 Å². The maximum Gasteiger partial charge on any atom is 0.262 e. The van der Waals surface area contributed by atoms with Gasteiger partial charge < -0.3 is 5.11 Å². The van der Waals surface area contributed by atoms with Crippen molar-refractivity contribution in [3.63, 3.8) is 0 Å². The Kier molecular flexibility index (Phi) is 5.31. The molecular weight excluding hydrogens is 396 g/mol. The SMILES string of the molecule is C[C@H]1[C@H](n2c(S[C@@H]3CS(=O)(=O)C[C@@H]3O)nc3ccccc3c2=O)CCC[C@@H]1C. The van der Waals surface area contributed by atoms with Crippen molar-refractivity contribution in [3.05, 3.63) is 34.6 Å². The largest absolute Gasteiger partial charge is 0.391 e. The van der Waals surface area contributed by atoms with E-state index >= 15 is 0 Å². The van der Waals surface area contributed by atoms with Crippen molar-refractivity contribution in [3.8, 4) is 0 Å². The molecule has 152 valence electrons. The third kappa shape index (κ3) is 3.62. The minimum atomic E-state index is -3.26. The minimum absolute atomic E-state index is 0.0333. The Morgan fingerprint density at radius 3 is 2.64 bits per heavy atom. The van der Waals surface area contributed by atoms with Gasteiger partial charge in [-0.2, -0.15) is 0 Å². The second-order valence-electron chi connectivity index (χ2n) is 8.22. The summed E-state index contributed by atoms with van der Waals surface area (Å²) in [7, 11) is -3.26. The van der Waals surface area contributed by atoms with Crippen LogP contribution in [0.25, 0.3) is 10.9 Å². The van der Waals surface area contributed by atoms with Gasteiger partial charge in [-0.25, -0.2) is 13.4 Å². The van der Waals surface area contributed by atoms with Crippen LogP contribution in [-0.4, -0.2) is 45.9 Å². The maximum atomic E-state index is 13.4. The third-order valence-electron chi connectivity index (χ3n) is 6.30. The van der Waals surface area contributed by atoms with E-state index in [1.165, 1.54) is 11.8 Å². The number of hydrogen-bond acceptors (Lipinski definition) is 6. The standard InChI is InChI=1S/C20H26N2O4S2/c1-12-6-5-9-16(13(12)2)22-19(24)14-7-3-4-8-15(14)21-20(22)27-18-11-28(25,26)10-17(18)23/h3-4,7-8,12-13,16-18,23H,5-6,9-11H2,1-2H3/t12-,13+,16+,17-,18+/m0/s1. The molecule has 5 atom stereocenters. The average Bonchev–Trinajstić information content (AvgIpc) is 2.90. The third-order valence-corrected chi connectivity index (χ3v) is 9.51. The second kappa shape index (κ2) is 7.46. The highest BCUT2D eigenvalue weighted by molar-refractivity contribution is 8.01. The minimum Gasteiger partial charge on any atom is -0.391 e. The van der Waals surface area contributed by atoms with E-state index in [1.54, 1.807) is 16.7 Å². The van der Waals surface area contributed by atoms with Gasteiger partial charge in [-0.1, -0.05) is 50.6 Å². The Balaban J connectivity index is 1.83. The van der Waals surface area contributed by atoms with Gasteiger partial charge in [0.25, 0.3) is 5.56 Å². The summed E-state index contributed by atoms with van der Waals surface area (Å²) in [5, 5.41) is 10.9. The van der Waals surface area contributed by atoms with E-state index in [4.69, 9.17) is 4.98 Å². The quantitative estimate of drug-likeness (QED) is 0.765. The lowest BCUT2D eigenvalue weighted by Crippen LogP contribution is -2.36. The van der Waals surface area contributed by atoms with Crippen LogP contribution in [0.2, 0.25) is 0 Å². The second-order valence-corrected chi connectivity index (χ2v) is 11.6. The molecule has 1 aliphatic heterocycles. The monoisotopic (exact) mass is 422 g/mol. The fourth-order valence-electron chi connectivity index (χ4n) is 4.46. The molecule has 4 rings (SSSR count). The van der Waals surface area contributed by atoms with Gasteiger partial charge in [-0.15, -0.1) is 0 Å². The molecule has 8 heteroatoms. The van der Waals surface area contributed by atoms with E-state index < -0.39 is 21.2 Å². The number of aliphatic hydroxyl groups is 1. The maximum absolute atomic E-state index is 13.4. The van der Waals surface area contributed by atoms with E-state index in [-0.39, 0.29) is 23.1 Å². The summed E-state index contributed by atoms with van der Waals surface area (Å²) < 4.78 is 25.7. The number of rotatable bonds is 3. The average molecular weight is 423 g/mol. The highest BCUT2D eigenvalue weighted by Crippen LogP contribution is 2.40. The molecule has 0 spiro atoms. The highest BCUT2D eigenvalue weighted by atomic mass is 32.2. The van der Waals surface area contributed by atoms with Gasteiger partial charge >= 0.3 is 0 Å². The molecule has 0 bridgehead atoms. The first-order chi connectivity index (χ1) is 13.3. The fraction of sp³-hybridized carbons (Fsp3) is 0.600. The molecule has 1 saturated heterocycles. The van der Waals surface area contributed by atoms with Gasteiger partial charge in [0.15, 0.2) is 15.0 Å². The number of aliphatic hydroxyl groups excluding tert-OH is 1. The molecule has 28 heavy (non-hydrogen) atoms.